The van der Waals surface area contributed by atoms with Gasteiger partial charge < -0.3 is 0 Å². The highest BCUT2D eigenvalue weighted by Crippen LogP contribution is 2.30. The number of hydrogen-bond donors (Lipinski definition) is 0. The van der Waals surface area contributed by atoms with Gasteiger partial charge in [0.25, 0.3) is 0 Å². The summed E-state index contributed by atoms with van der Waals surface area (Å²) in [4.78, 5) is 0.425. The molecule has 0 saturated heterocycles. The zero-order valence-corrected chi connectivity index (χ0v) is 13.7. The molecule has 5 heteroatoms. The first kappa shape index (κ1) is 15.8. The molecule has 0 N–H and O–H groups in total. The third kappa shape index (κ3) is 3.18. The van der Waals surface area contributed by atoms with Crippen LogP contribution in [0.15, 0.2) is 23.1 Å². The predicted octanol–water partition coefficient (Wildman–Crippen LogP) is 3.48. The van der Waals surface area contributed by atoms with Crippen molar-refractivity contribution in [1.29, 1.82) is 0 Å². The number of halogens is 1. The van der Waals surface area contributed by atoms with E-state index in [4.69, 9.17) is 11.6 Å². The van der Waals surface area contributed by atoms with Gasteiger partial charge in [-0.15, -0.1) is 11.6 Å². The molecule has 1 aliphatic carbocycles. The Morgan fingerprint density at radius 2 is 1.90 bits per heavy atom. The molecule has 0 heterocycles. The average molecular weight is 316 g/mol. The molecule has 1 saturated carbocycles. The van der Waals surface area contributed by atoms with E-state index in [-0.39, 0.29) is 6.04 Å². The predicted molar refractivity (Wildman–Crippen MR) is 82.8 cm³/mol. The van der Waals surface area contributed by atoms with Crippen LogP contribution in [0.25, 0.3) is 0 Å². The molecule has 3 nitrogen and oxygen atoms in total. The maximum absolute atomic E-state index is 12.9. The van der Waals surface area contributed by atoms with Crippen LogP contribution in [0, 0.1) is 13.8 Å². The summed E-state index contributed by atoms with van der Waals surface area (Å²) >= 11 is 5.83. The highest BCUT2D eigenvalue weighted by Gasteiger charge is 2.33. The Balaban J connectivity index is 2.41. The minimum Gasteiger partial charge on any atom is -0.207 e. The first-order valence-corrected chi connectivity index (χ1v) is 9.09. The standard InChI is InChI=1S/C15H22ClNO2S/c1-12-7-8-13(2)15(11-12)20(18,19)17(10-9-16)14-5-3-4-6-14/h7-8,11,14H,3-6,9-10H2,1-2H3. The van der Waals surface area contributed by atoms with Gasteiger partial charge in [0.05, 0.1) is 4.90 Å². The molecule has 0 amide bonds. The Hall–Kier alpha value is -0.580. The minimum absolute atomic E-state index is 0.110. The number of rotatable bonds is 5. The summed E-state index contributed by atoms with van der Waals surface area (Å²) in [6.07, 6.45) is 4.10. The van der Waals surface area contributed by atoms with E-state index in [2.05, 4.69) is 0 Å². The Bertz CT molecular complexity index is 565. The number of aryl methyl sites for hydroxylation is 2. The molecular weight excluding hydrogens is 294 g/mol. The summed E-state index contributed by atoms with van der Waals surface area (Å²) in [7, 11) is -3.45. The number of nitrogens with zero attached hydrogens (tertiary/aromatic N) is 1. The molecule has 1 aliphatic rings. The van der Waals surface area contributed by atoms with E-state index >= 15 is 0 Å². The van der Waals surface area contributed by atoms with Crippen LogP contribution in [0.4, 0.5) is 0 Å². The van der Waals surface area contributed by atoms with Crippen molar-refractivity contribution in [2.24, 2.45) is 0 Å². The van der Waals surface area contributed by atoms with Gasteiger partial charge in [0.1, 0.15) is 0 Å². The second-order valence-electron chi connectivity index (χ2n) is 5.51. The van der Waals surface area contributed by atoms with Gasteiger partial charge >= 0.3 is 0 Å². The molecule has 0 aromatic heterocycles. The van der Waals surface area contributed by atoms with Crippen molar-refractivity contribution in [3.63, 3.8) is 0 Å². The van der Waals surface area contributed by atoms with E-state index in [0.717, 1.165) is 36.8 Å². The van der Waals surface area contributed by atoms with Gasteiger partial charge in [-0.3, -0.25) is 0 Å². The van der Waals surface area contributed by atoms with E-state index in [1.54, 1.807) is 10.4 Å². The second kappa shape index (κ2) is 6.46. The van der Waals surface area contributed by atoms with Crippen LogP contribution >= 0.6 is 11.6 Å². The summed E-state index contributed by atoms with van der Waals surface area (Å²) in [5.41, 5.74) is 1.76. The first-order valence-electron chi connectivity index (χ1n) is 7.12. The normalized spacial score (nSPS) is 17.0. The topological polar surface area (TPSA) is 37.4 Å². The van der Waals surface area contributed by atoms with Crippen molar-refractivity contribution in [2.75, 3.05) is 12.4 Å². The summed E-state index contributed by atoms with van der Waals surface area (Å²) in [6, 6.07) is 5.69. The Morgan fingerprint density at radius 3 is 2.50 bits per heavy atom. The van der Waals surface area contributed by atoms with E-state index < -0.39 is 10.0 Å². The van der Waals surface area contributed by atoms with Crippen molar-refractivity contribution in [3.8, 4) is 0 Å². The Labute approximate surface area is 127 Å². The van der Waals surface area contributed by atoms with Crippen LogP contribution in [0.1, 0.15) is 36.8 Å². The molecular formula is C15H22ClNO2S. The molecule has 0 bridgehead atoms. The molecule has 20 heavy (non-hydrogen) atoms. The van der Waals surface area contributed by atoms with Gasteiger partial charge in [0.15, 0.2) is 0 Å². The minimum atomic E-state index is -3.45. The lowest BCUT2D eigenvalue weighted by molar-refractivity contribution is 0.336. The summed E-state index contributed by atoms with van der Waals surface area (Å²) in [5.74, 6) is 0.334. The molecule has 0 aliphatic heterocycles. The van der Waals surface area contributed by atoms with E-state index in [0.29, 0.717) is 17.3 Å². The summed E-state index contributed by atoms with van der Waals surface area (Å²) < 4.78 is 27.5. The van der Waals surface area contributed by atoms with Crippen LogP contribution in [-0.2, 0) is 10.0 Å². The lowest BCUT2D eigenvalue weighted by Crippen LogP contribution is -2.40. The maximum atomic E-state index is 12.9. The van der Waals surface area contributed by atoms with E-state index in [9.17, 15) is 8.42 Å². The van der Waals surface area contributed by atoms with Gasteiger partial charge in [-0.05, 0) is 43.9 Å². The highest BCUT2D eigenvalue weighted by atomic mass is 35.5. The lowest BCUT2D eigenvalue weighted by Gasteiger charge is -2.28. The van der Waals surface area contributed by atoms with Crippen LogP contribution in [0.2, 0.25) is 0 Å². The molecule has 1 aromatic carbocycles. The molecule has 112 valence electrons. The quantitative estimate of drug-likeness (QED) is 0.780. The number of hydrogen-bond acceptors (Lipinski definition) is 2. The van der Waals surface area contributed by atoms with Crippen molar-refractivity contribution >= 4 is 21.6 Å². The zero-order chi connectivity index (χ0) is 14.8. The SMILES string of the molecule is Cc1ccc(C)c(S(=O)(=O)N(CCCl)C2CCCC2)c1. The molecule has 1 aromatic rings. The molecule has 0 spiro atoms. The number of alkyl halides is 1. The number of sulfonamides is 1. The zero-order valence-electron chi connectivity index (χ0n) is 12.1. The second-order valence-corrected chi connectivity index (χ2v) is 7.75. The third-order valence-corrected chi connectivity index (χ3v) is 6.23. The van der Waals surface area contributed by atoms with Crippen molar-refractivity contribution < 1.29 is 8.42 Å². The highest BCUT2D eigenvalue weighted by molar-refractivity contribution is 7.89. The van der Waals surface area contributed by atoms with Crippen LogP contribution in [0.5, 0.6) is 0 Å². The molecule has 0 unspecified atom stereocenters. The van der Waals surface area contributed by atoms with Crippen molar-refractivity contribution in [2.45, 2.75) is 50.5 Å². The van der Waals surface area contributed by atoms with E-state index in [1.165, 1.54) is 0 Å². The van der Waals surface area contributed by atoms with Crippen molar-refractivity contribution in [1.82, 2.24) is 4.31 Å². The van der Waals surface area contributed by atoms with E-state index in [1.807, 2.05) is 26.0 Å². The van der Waals surface area contributed by atoms with Gasteiger partial charge in [0.2, 0.25) is 10.0 Å². The van der Waals surface area contributed by atoms with Crippen LogP contribution in [0.3, 0.4) is 0 Å². The Morgan fingerprint density at radius 1 is 1.25 bits per heavy atom. The summed E-state index contributed by atoms with van der Waals surface area (Å²) in [6.45, 7) is 4.15. The fraction of sp³-hybridized carbons (Fsp3) is 0.600. The molecule has 2 rings (SSSR count). The smallest absolute Gasteiger partial charge is 0.207 e. The van der Waals surface area contributed by atoms with Gasteiger partial charge in [-0.25, -0.2) is 8.42 Å². The van der Waals surface area contributed by atoms with Crippen molar-refractivity contribution in [3.05, 3.63) is 29.3 Å². The van der Waals surface area contributed by atoms with Gasteiger partial charge in [-0.2, -0.15) is 4.31 Å². The van der Waals surface area contributed by atoms with Crippen LogP contribution in [-0.4, -0.2) is 31.2 Å². The van der Waals surface area contributed by atoms with Gasteiger partial charge in [0, 0.05) is 18.5 Å². The molecule has 0 atom stereocenters. The summed E-state index contributed by atoms with van der Waals surface area (Å²) in [5, 5.41) is 0. The van der Waals surface area contributed by atoms with Gasteiger partial charge in [-0.1, -0.05) is 25.0 Å². The fourth-order valence-electron chi connectivity index (χ4n) is 2.89. The largest absolute Gasteiger partial charge is 0.243 e. The number of benzene rings is 1. The van der Waals surface area contributed by atoms with Crippen LogP contribution < -0.4 is 0 Å². The Kier molecular flexibility index (Phi) is 5.10. The third-order valence-electron chi connectivity index (χ3n) is 3.97. The average Bonchev–Trinajstić information content (AvgIpc) is 2.92. The lowest BCUT2D eigenvalue weighted by atomic mass is 10.2. The maximum Gasteiger partial charge on any atom is 0.243 e. The fourth-order valence-corrected chi connectivity index (χ4v) is 5.17. The molecule has 0 radical (unpaired) electrons. The first-order chi connectivity index (χ1) is 9.46. The monoisotopic (exact) mass is 315 g/mol. The molecule has 1 fully saturated rings.